The summed E-state index contributed by atoms with van der Waals surface area (Å²) in [5.74, 6) is 0.213. The van der Waals surface area contributed by atoms with Crippen LogP contribution in [0.5, 0.6) is 5.75 Å². The first-order chi connectivity index (χ1) is 12.4. The van der Waals surface area contributed by atoms with Crippen LogP contribution >= 0.6 is 0 Å². The number of nitro groups is 1. The molecule has 0 aliphatic carbocycles. The molecule has 0 spiro atoms. The molecule has 9 heteroatoms. The molecular weight excluding hydrogens is 358 g/mol. The van der Waals surface area contributed by atoms with Crippen molar-refractivity contribution in [1.29, 1.82) is 0 Å². The Labute approximate surface area is 152 Å². The van der Waals surface area contributed by atoms with Crippen molar-refractivity contribution in [2.75, 3.05) is 26.7 Å². The highest BCUT2D eigenvalue weighted by Gasteiger charge is 2.31. The number of nitro benzene ring substituents is 1. The van der Waals surface area contributed by atoms with Gasteiger partial charge in [0.1, 0.15) is 5.75 Å². The molecule has 0 aliphatic rings. The van der Waals surface area contributed by atoms with Crippen LogP contribution in [0, 0.1) is 10.1 Å². The topological polar surface area (TPSA) is 116 Å². The Morgan fingerprint density at radius 1 is 1.15 bits per heavy atom. The van der Waals surface area contributed by atoms with Crippen LogP contribution in [0.2, 0.25) is 0 Å². The molecule has 26 heavy (non-hydrogen) atoms. The number of sulfonamides is 1. The lowest BCUT2D eigenvalue weighted by Crippen LogP contribution is -2.37. The minimum Gasteiger partial charge on any atom is -0.497 e. The molecule has 0 saturated heterocycles. The van der Waals surface area contributed by atoms with Crippen LogP contribution in [-0.2, 0) is 16.4 Å². The van der Waals surface area contributed by atoms with Crippen molar-refractivity contribution in [3.05, 3.63) is 64.2 Å². The Morgan fingerprint density at radius 3 is 2.42 bits per heavy atom. The number of methoxy groups -OCH3 is 1. The van der Waals surface area contributed by atoms with Gasteiger partial charge in [0.05, 0.1) is 18.1 Å². The van der Waals surface area contributed by atoms with Gasteiger partial charge in [0.2, 0.25) is 10.0 Å². The monoisotopic (exact) mass is 379 g/mol. The predicted octanol–water partition coefficient (Wildman–Crippen LogP) is 1.80. The van der Waals surface area contributed by atoms with Crippen LogP contribution in [0.4, 0.5) is 5.69 Å². The van der Waals surface area contributed by atoms with Gasteiger partial charge in [-0.25, -0.2) is 8.42 Å². The minimum absolute atomic E-state index is 0.0678. The van der Waals surface area contributed by atoms with Gasteiger partial charge in [0.15, 0.2) is 4.90 Å². The maximum Gasteiger partial charge on any atom is 0.293 e. The zero-order valence-corrected chi connectivity index (χ0v) is 15.2. The van der Waals surface area contributed by atoms with Gasteiger partial charge in [-0.1, -0.05) is 30.3 Å². The van der Waals surface area contributed by atoms with Gasteiger partial charge in [0, 0.05) is 19.6 Å². The van der Waals surface area contributed by atoms with E-state index in [2.05, 4.69) is 0 Å². The van der Waals surface area contributed by atoms with E-state index in [9.17, 15) is 18.5 Å². The fraction of sp³-hybridized carbons (Fsp3) is 0.294. The summed E-state index contributed by atoms with van der Waals surface area (Å²) in [6.07, 6.45) is 0.476. The summed E-state index contributed by atoms with van der Waals surface area (Å²) in [7, 11) is -2.72. The van der Waals surface area contributed by atoms with E-state index >= 15 is 0 Å². The molecule has 0 atom stereocenters. The maximum absolute atomic E-state index is 13.0. The fourth-order valence-electron chi connectivity index (χ4n) is 2.52. The van der Waals surface area contributed by atoms with E-state index in [4.69, 9.17) is 10.5 Å². The lowest BCUT2D eigenvalue weighted by atomic mass is 10.1. The molecule has 140 valence electrons. The molecule has 2 aromatic rings. The molecule has 8 nitrogen and oxygen atoms in total. The molecule has 2 N–H and O–H groups in total. The number of ether oxygens (including phenoxy) is 1. The first kappa shape index (κ1) is 19.8. The summed E-state index contributed by atoms with van der Waals surface area (Å²) in [5.41, 5.74) is 6.00. The molecule has 0 radical (unpaired) electrons. The van der Waals surface area contributed by atoms with Crippen molar-refractivity contribution >= 4 is 15.7 Å². The molecule has 0 fully saturated rings. The van der Waals surface area contributed by atoms with Crippen molar-refractivity contribution in [3.63, 3.8) is 0 Å². The molecule has 0 aromatic heterocycles. The van der Waals surface area contributed by atoms with Gasteiger partial charge < -0.3 is 10.5 Å². The van der Waals surface area contributed by atoms with Crippen molar-refractivity contribution < 1.29 is 18.1 Å². The highest BCUT2D eigenvalue weighted by atomic mass is 32.2. The van der Waals surface area contributed by atoms with Gasteiger partial charge >= 0.3 is 0 Å². The Balaban J connectivity index is 2.36. The smallest absolute Gasteiger partial charge is 0.293 e. The molecule has 0 amide bonds. The number of hydrogen-bond acceptors (Lipinski definition) is 6. The van der Waals surface area contributed by atoms with Crippen molar-refractivity contribution in [2.45, 2.75) is 11.3 Å². The summed E-state index contributed by atoms with van der Waals surface area (Å²) < 4.78 is 32.1. The predicted molar refractivity (Wildman–Crippen MR) is 97.6 cm³/mol. The number of nitrogens with two attached hydrogens (primary N) is 1. The molecule has 2 rings (SSSR count). The highest BCUT2D eigenvalue weighted by Crippen LogP contribution is 2.30. The van der Waals surface area contributed by atoms with E-state index in [1.165, 1.54) is 23.5 Å². The summed E-state index contributed by atoms with van der Waals surface area (Å²) >= 11 is 0. The molecular formula is C17H21N3O5S. The van der Waals surface area contributed by atoms with Gasteiger partial charge in [0.25, 0.3) is 5.69 Å². The zero-order valence-electron chi connectivity index (χ0n) is 14.4. The molecule has 2 aromatic carbocycles. The standard InChI is InChI=1S/C17H21N3O5S/c1-25-15-7-8-17(16(13-15)20(21)22)26(23,24)19(12-10-18)11-9-14-5-3-2-4-6-14/h2-8,13H,9-12,18H2,1H3. The quantitative estimate of drug-likeness (QED) is 0.524. The maximum atomic E-state index is 13.0. The zero-order chi connectivity index (χ0) is 19.2. The lowest BCUT2D eigenvalue weighted by Gasteiger charge is -2.21. The largest absolute Gasteiger partial charge is 0.497 e. The average molecular weight is 379 g/mol. The normalized spacial score (nSPS) is 11.5. The first-order valence-corrected chi connectivity index (χ1v) is 9.40. The van der Waals surface area contributed by atoms with Gasteiger partial charge in [-0.2, -0.15) is 4.31 Å². The van der Waals surface area contributed by atoms with E-state index in [0.717, 1.165) is 11.6 Å². The lowest BCUT2D eigenvalue weighted by molar-refractivity contribution is -0.387. The molecule has 0 saturated carbocycles. The molecule has 0 bridgehead atoms. The van der Waals surface area contributed by atoms with Crippen LogP contribution in [0.1, 0.15) is 5.56 Å². The molecule has 0 heterocycles. The van der Waals surface area contributed by atoms with E-state index in [1.54, 1.807) is 0 Å². The third-order valence-electron chi connectivity index (χ3n) is 3.85. The summed E-state index contributed by atoms with van der Waals surface area (Å²) in [5, 5.41) is 11.3. The van der Waals surface area contributed by atoms with Gasteiger partial charge in [-0.15, -0.1) is 0 Å². The van der Waals surface area contributed by atoms with Crippen LogP contribution < -0.4 is 10.5 Å². The molecule has 0 unspecified atom stereocenters. The number of hydrogen-bond donors (Lipinski definition) is 1. The fourth-order valence-corrected chi connectivity index (χ4v) is 4.11. The van der Waals surface area contributed by atoms with Crippen molar-refractivity contribution in [3.8, 4) is 5.75 Å². The Kier molecular flexibility index (Phi) is 6.67. The Hall–Kier alpha value is -2.49. The van der Waals surface area contributed by atoms with E-state index < -0.39 is 20.6 Å². The second-order valence-electron chi connectivity index (χ2n) is 5.52. The van der Waals surface area contributed by atoms with E-state index in [1.807, 2.05) is 30.3 Å². The molecule has 0 aliphatic heterocycles. The number of benzene rings is 2. The second kappa shape index (κ2) is 8.75. The third kappa shape index (κ3) is 4.57. The first-order valence-electron chi connectivity index (χ1n) is 7.96. The third-order valence-corrected chi connectivity index (χ3v) is 5.80. The van der Waals surface area contributed by atoms with E-state index in [-0.39, 0.29) is 30.3 Å². The van der Waals surface area contributed by atoms with E-state index in [0.29, 0.717) is 6.42 Å². The SMILES string of the molecule is COc1ccc(S(=O)(=O)N(CCN)CCc2ccccc2)c([N+](=O)[O-])c1. The summed E-state index contributed by atoms with van der Waals surface area (Å²) in [6, 6.07) is 13.1. The Bertz CT molecular complexity index is 856. The van der Waals surface area contributed by atoms with Crippen LogP contribution in [0.15, 0.2) is 53.4 Å². The van der Waals surface area contributed by atoms with Crippen LogP contribution in [0.25, 0.3) is 0 Å². The average Bonchev–Trinajstić information content (AvgIpc) is 2.65. The van der Waals surface area contributed by atoms with Gasteiger partial charge in [-0.05, 0) is 24.1 Å². The summed E-state index contributed by atoms with van der Waals surface area (Å²) in [6.45, 7) is 0.350. The second-order valence-corrected chi connectivity index (χ2v) is 7.43. The number of nitrogens with zero attached hydrogens (tertiary/aromatic N) is 2. The van der Waals surface area contributed by atoms with Crippen LogP contribution in [-0.4, -0.2) is 44.4 Å². The van der Waals surface area contributed by atoms with Gasteiger partial charge in [-0.3, -0.25) is 10.1 Å². The Morgan fingerprint density at radius 2 is 1.85 bits per heavy atom. The van der Waals surface area contributed by atoms with Crippen LogP contribution in [0.3, 0.4) is 0 Å². The minimum atomic E-state index is -4.08. The highest BCUT2D eigenvalue weighted by molar-refractivity contribution is 7.89. The van der Waals surface area contributed by atoms with Crippen molar-refractivity contribution in [1.82, 2.24) is 4.31 Å². The summed E-state index contributed by atoms with van der Waals surface area (Å²) in [4.78, 5) is 10.2. The number of rotatable bonds is 9. The van der Waals surface area contributed by atoms with Crippen molar-refractivity contribution in [2.24, 2.45) is 5.73 Å².